The van der Waals surface area contributed by atoms with Gasteiger partial charge in [-0.05, 0) is 60.2 Å². The van der Waals surface area contributed by atoms with Crippen molar-refractivity contribution in [3.63, 3.8) is 0 Å². The predicted molar refractivity (Wildman–Crippen MR) is 124 cm³/mol. The number of hydrogen-bond donors (Lipinski definition) is 0. The van der Waals surface area contributed by atoms with Crippen molar-refractivity contribution in [1.29, 1.82) is 0 Å². The van der Waals surface area contributed by atoms with E-state index in [2.05, 4.69) is 59.3 Å². The van der Waals surface area contributed by atoms with Crippen LogP contribution in [0.2, 0.25) is 0 Å². The SMILES string of the molecule is COC(=O)CCc1ccc2c(c1)c(CCc1ccccc1)cn2-c1cccc(OC)c1. The molecule has 4 rings (SSSR count). The van der Waals surface area contributed by atoms with E-state index in [0.29, 0.717) is 12.8 Å². The highest BCUT2D eigenvalue weighted by Crippen LogP contribution is 2.29. The fraction of sp³-hybridized carbons (Fsp3) is 0.222. The van der Waals surface area contributed by atoms with Crippen molar-refractivity contribution in [2.24, 2.45) is 0 Å². The summed E-state index contributed by atoms with van der Waals surface area (Å²) in [5.74, 6) is 0.651. The van der Waals surface area contributed by atoms with Crippen LogP contribution in [0.5, 0.6) is 5.75 Å². The summed E-state index contributed by atoms with van der Waals surface area (Å²) in [6.45, 7) is 0. The Balaban J connectivity index is 1.72. The van der Waals surface area contributed by atoms with Gasteiger partial charge in [0, 0.05) is 29.8 Å². The first-order valence-corrected chi connectivity index (χ1v) is 10.6. The molecule has 4 nitrogen and oxygen atoms in total. The van der Waals surface area contributed by atoms with Crippen molar-refractivity contribution in [2.75, 3.05) is 14.2 Å². The van der Waals surface area contributed by atoms with E-state index in [9.17, 15) is 4.79 Å². The van der Waals surface area contributed by atoms with Gasteiger partial charge in [0.05, 0.1) is 19.7 Å². The van der Waals surface area contributed by atoms with E-state index in [4.69, 9.17) is 9.47 Å². The number of carbonyl (C=O) groups excluding carboxylic acids is 1. The number of fused-ring (bicyclic) bond motifs is 1. The number of aryl methyl sites for hydroxylation is 3. The lowest BCUT2D eigenvalue weighted by Gasteiger charge is -2.08. The third kappa shape index (κ3) is 4.80. The molecule has 0 aliphatic heterocycles. The molecular formula is C27H27NO3. The summed E-state index contributed by atoms with van der Waals surface area (Å²) in [5, 5.41) is 1.22. The molecule has 0 bridgehead atoms. The first kappa shape index (κ1) is 20.7. The van der Waals surface area contributed by atoms with E-state index in [0.717, 1.165) is 35.4 Å². The van der Waals surface area contributed by atoms with Crippen LogP contribution in [0, 0.1) is 0 Å². The Labute approximate surface area is 183 Å². The summed E-state index contributed by atoms with van der Waals surface area (Å²) in [4.78, 5) is 11.6. The summed E-state index contributed by atoms with van der Waals surface area (Å²) in [7, 11) is 3.12. The van der Waals surface area contributed by atoms with Gasteiger partial charge < -0.3 is 14.0 Å². The highest BCUT2D eigenvalue weighted by Gasteiger charge is 2.12. The summed E-state index contributed by atoms with van der Waals surface area (Å²) in [5.41, 5.74) is 5.98. The molecule has 0 unspecified atom stereocenters. The maximum Gasteiger partial charge on any atom is 0.305 e. The van der Waals surface area contributed by atoms with Crippen molar-refractivity contribution in [2.45, 2.75) is 25.7 Å². The zero-order valence-electron chi connectivity index (χ0n) is 18.0. The Morgan fingerprint density at radius 1 is 0.839 bits per heavy atom. The predicted octanol–water partition coefficient (Wildman–Crippen LogP) is 5.53. The van der Waals surface area contributed by atoms with E-state index in [1.165, 1.54) is 23.6 Å². The molecule has 0 amide bonds. The molecule has 4 heteroatoms. The molecule has 0 aliphatic carbocycles. The monoisotopic (exact) mass is 413 g/mol. The average Bonchev–Trinajstić information content (AvgIpc) is 3.19. The first-order chi connectivity index (χ1) is 15.2. The van der Waals surface area contributed by atoms with Crippen LogP contribution in [0.1, 0.15) is 23.1 Å². The van der Waals surface area contributed by atoms with Crippen LogP contribution in [-0.4, -0.2) is 24.8 Å². The molecule has 3 aromatic carbocycles. The van der Waals surface area contributed by atoms with Gasteiger partial charge in [-0.3, -0.25) is 4.79 Å². The molecular weight excluding hydrogens is 386 g/mol. The largest absolute Gasteiger partial charge is 0.497 e. The summed E-state index contributed by atoms with van der Waals surface area (Å²) in [6, 6.07) is 25.1. The van der Waals surface area contributed by atoms with E-state index >= 15 is 0 Å². The highest BCUT2D eigenvalue weighted by molar-refractivity contribution is 5.86. The fourth-order valence-electron chi connectivity index (χ4n) is 3.95. The molecule has 0 radical (unpaired) electrons. The Hall–Kier alpha value is -3.53. The molecule has 0 aliphatic rings. The number of carbonyl (C=O) groups is 1. The van der Waals surface area contributed by atoms with E-state index < -0.39 is 0 Å². The van der Waals surface area contributed by atoms with Crippen LogP contribution in [0.15, 0.2) is 79.0 Å². The molecule has 1 aromatic heterocycles. The fourth-order valence-corrected chi connectivity index (χ4v) is 3.95. The van der Waals surface area contributed by atoms with Gasteiger partial charge in [0.15, 0.2) is 0 Å². The topological polar surface area (TPSA) is 40.5 Å². The minimum Gasteiger partial charge on any atom is -0.497 e. The quantitative estimate of drug-likeness (QED) is 0.357. The lowest BCUT2D eigenvalue weighted by Crippen LogP contribution is -2.01. The van der Waals surface area contributed by atoms with Crippen molar-refractivity contribution < 1.29 is 14.3 Å². The molecule has 4 aromatic rings. The molecule has 0 saturated carbocycles. The summed E-state index contributed by atoms with van der Waals surface area (Å²) in [6.07, 6.45) is 5.21. The molecule has 0 atom stereocenters. The number of methoxy groups -OCH3 is 2. The van der Waals surface area contributed by atoms with Crippen LogP contribution in [0.3, 0.4) is 0 Å². The van der Waals surface area contributed by atoms with Crippen LogP contribution in [-0.2, 0) is 28.8 Å². The summed E-state index contributed by atoms with van der Waals surface area (Å²) >= 11 is 0. The number of ether oxygens (including phenoxy) is 2. The third-order valence-electron chi connectivity index (χ3n) is 5.65. The van der Waals surface area contributed by atoms with E-state index in [-0.39, 0.29) is 5.97 Å². The number of aromatic nitrogens is 1. The van der Waals surface area contributed by atoms with E-state index in [1.807, 2.05) is 24.3 Å². The Bertz CT molecular complexity index is 1180. The van der Waals surface area contributed by atoms with Crippen LogP contribution >= 0.6 is 0 Å². The second-order valence-electron chi connectivity index (χ2n) is 7.64. The minimum atomic E-state index is -0.182. The number of rotatable bonds is 8. The maximum atomic E-state index is 11.6. The number of benzene rings is 3. The number of nitrogens with zero attached hydrogens (tertiary/aromatic N) is 1. The highest BCUT2D eigenvalue weighted by atomic mass is 16.5. The van der Waals surface area contributed by atoms with Gasteiger partial charge in [0.2, 0.25) is 0 Å². The summed E-state index contributed by atoms with van der Waals surface area (Å²) < 4.78 is 12.5. The normalized spacial score (nSPS) is 10.9. The van der Waals surface area contributed by atoms with Gasteiger partial charge in [0.1, 0.15) is 5.75 Å². The van der Waals surface area contributed by atoms with Crippen molar-refractivity contribution in [3.05, 3.63) is 95.7 Å². The van der Waals surface area contributed by atoms with Crippen molar-refractivity contribution >= 4 is 16.9 Å². The second kappa shape index (κ2) is 9.52. The number of esters is 1. The molecule has 0 fully saturated rings. The zero-order valence-corrected chi connectivity index (χ0v) is 18.0. The molecule has 0 spiro atoms. The van der Waals surface area contributed by atoms with Gasteiger partial charge in [-0.15, -0.1) is 0 Å². The van der Waals surface area contributed by atoms with Crippen LogP contribution in [0.4, 0.5) is 0 Å². The molecule has 1 heterocycles. The Morgan fingerprint density at radius 3 is 2.45 bits per heavy atom. The average molecular weight is 414 g/mol. The van der Waals surface area contributed by atoms with Gasteiger partial charge in [-0.2, -0.15) is 0 Å². The van der Waals surface area contributed by atoms with Crippen molar-refractivity contribution in [1.82, 2.24) is 4.57 Å². The number of hydrogen-bond acceptors (Lipinski definition) is 3. The molecule has 0 saturated heterocycles. The van der Waals surface area contributed by atoms with Gasteiger partial charge in [-0.1, -0.05) is 42.5 Å². The minimum absolute atomic E-state index is 0.182. The Morgan fingerprint density at radius 2 is 1.68 bits per heavy atom. The standard InChI is InChI=1S/C27H27NO3/c1-30-24-10-6-9-23(18-24)28-19-22(14-11-20-7-4-3-5-8-20)25-17-21(12-15-26(25)28)13-16-27(29)31-2/h3-10,12,15,17-19H,11,13-14,16H2,1-2H3. The molecule has 158 valence electrons. The van der Waals surface area contributed by atoms with Crippen LogP contribution < -0.4 is 4.74 Å². The van der Waals surface area contributed by atoms with Gasteiger partial charge in [0.25, 0.3) is 0 Å². The van der Waals surface area contributed by atoms with Gasteiger partial charge in [-0.25, -0.2) is 0 Å². The lowest BCUT2D eigenvalue weighted by atomic mass is 10.0. The second-order valence-corrected chi connectivity index (χ2v) is 7.64. The van der Waals surface area contributed by atoms with E-state index in [1.54, 1.807) is 7.11 Å². The third-order valence-corrected chi connectivity index (χ3v) is 5.65. The lowest BCUT2D eigenvalue weighted by molar-refractivity contribution is -0.140. The molecule has 0 N–H and O–H groups in total. The smallest absolute Gasteiger partial charge is 0.305 e. The molecule has 31 heavy (non-hydrogen) atoms. The van der Waals surface area contributed by atoms with Gasteiger partial charge >= 0.3 is 5.97 Å². The Kier molecular flexibility index (Phi) is 6.37. The first-order valence-electron chi connectivity index (χ1n) is 10.6. The van der Waals surface area contributed by atoms with Crippen molar-refractivity contribution in [3.8, 4) is 11.4 Å². The van der Waals surface area contributed by atoms with Crippen LogP contribution in [0.25, 0.3) is 16.6 Å². The maximum absolute atomic E-state index is 11.6. The zero-order chi connectivity index (χ0) is 21.6.